The largest absolute Gasteiger partial charge is 0.496 e. The molecule has 2 nitrogen and oxygen atoms in total. The lowest BCUT2D eigenvalue weighted by molar-refractivity contribution is 0.407. The van der Waals surface area contributed by atoms with Crippen molar-refractivity contribution >= 4 is 22.4 Å². The Balaban J connectivity index is 2.15. The van der Waals surface area contributed by atoms with Crippen LogP contribution in [0.4, 0.5) is 0 Å². The van der Waals surface area contributed by atoms with Gasteiger partial charge in [0.25, 0.3) is 0 Å². The third kappa shape index (κ3) is 2.06. The molecule has 94 valence electrons. The standard InChI is InChI=1S/C15H16ClNO/c1-18-15-8-10-2-3-13(16)6-12(10)7-14(15)11-4-5-17-9-11/h2-3,6-8,11,17H,4-5,9H2,1H3. The van der Waals surface area contributed by atoms with E-state index < -0.39 is 0 Å². The SMILES string of the molecule is COc1cc2ccc(Cl)cc2cc1C1CCNC1. The summed E-state index contributed by atoms with van der Waals surface area (Å²) < 4.78 is 5.54. The van der Waals surface area contributed by atoms with Crippen LogP contribution in [0.5, 0.6) is 5.75 Å². The molecular formula is C15H16ClNO. The van der Waals surface area contributed by atoms with Crippen molar-refractivity contribution in [2.45, 2.75) is 12.3 Å². The van der Waals surface area contributed by atoms with Crippen LogP contribution in [0.3, 0.4) is 0 Å². The molecule has 1 N–H and O–H groups in total. The Morgan fingerprint density at radius 1 is 1.22 bits per heavy atom. The van der Waals surface area contributed by atoms with Gasteiger partial charge < -0.3 is 10.1 Å². The van der Waals surface area contributed by atoms with Crippen molar-refractivity contribution in [2.24, 2.45) is 0 Å². The predicted octanol–water partition coefficient (Wildman–Crippen LogP) is 3.58. The third-order valence-corrected chi connectivity index (χ3v) is 3.89. The number of fused-ring (bicyclic) bond motifs is 1. The first-order valence-electron chi connectivity index (χ1n) is 6.26. The molecule has 2 aromatic rings. The average Bonchev–Trinajstić information content (AvgIpc) is 2.90. The van der Waals surface area contributed by atoms with Gasteiger partial charge in [-0.1, -0.05) is 17.7 Å². The summed E-state index contributed by atoms with van der Waals surface area (Å²) in [6, 6.07) is 10.3. The van der Waals surface area contributed by atoms with E-state index in [0.29, 0.717) is 5.92 Å². The van der Waals surface area contributed by atoms with Gasteiger partial charge in [0, 0.05) is 17.5 Å². The summed E-state index contributed by atoms with van der Waals surface area (Å²) in [4.78, 5) is 0. The number of nitrogens with one attached hydrogen (secondary N) is 1. The second kappa shape index (κ2) is 4.79. The minimum Gasteiger partial charge on any atom is -0.496 e. The maximum atomic E-state index is 6.06. The molecule has 1 fully saturated rings. The smallest absolute Gasteiger partial charge is 0.123 e. The second-order valence-electron chi connectivity index (χ2n) is 4.78. The first-order chi connectivity index (χ1) is 8.78. The molecule has 3 rings (SSSR count). The maximum Gasteiger partial charge on any atom is 0.123 e. The van der Waals surface area contributed by atoms with Gasteiger partial charge >= 0.3 is 0 Å². The van der Waals surface area contributed by atoms with Crippen molar-refractivity contribution in [3.63, 3.8) is 0 Å². The van der Waals surface area contributed by atoms with E-state index in [0.717, 1.165) is 23.9 Å². The highest BCUT2D eigenvalue weighted by molar-refractivity contribution is 6.31. The van der Waals surface area contributed by atoms with Crippen molar-refractivity contribution in [1.82, 2.24) is 5.32 Å². The van der Waals surface area contributed by atoms with E-state index in [2.05, 4.69) is 17.4 Å². The molecule has 18 heavy (non-hydrogen) atoms. The molecule has 0 amide bonds. The van der Waals surface area contributed by atoms with Crippen LogP contribution in [-0.4, -0.2) is 20.2 Å². The molecule has 0 aromatic heterocycles. The number of hydrogen-bond acceptors (Lipinski definition) is 2. The molecule has 1 saturated heterocycles. The topological polar surface area (TPSA) is 21.3 Å². The van der Waals surface area contributed by atoms with E-state index >= 15 is 0 Å². The fraction of sp³-hybridized carbons (Fsp3) is 0.333. The van der Waals surface area contributed by atoms with Gasteiger partial charge in [-0.25, -0.2) is 0 Å². The van der Waals surface area contributed by atoms with Crippen molar-refractivity contribution in [1.29, 1.82) is 0 Å². The zero-order valence-electron chi connectivity index (χ0n) is 10.4. The zero-order chi connectivity index (χ0) is 12.5. The molecule has 3 heteroatoms. The van der Waals surface area contributed by atoms with Gasteiger partial charge in [-0.15, -0.1) is 0 Å². The Kier molecular flexibility index (Phi) is 3.14. The number of hydrogen-bond donors (Lipinski definition) is 1. The molecule has 1 atom stereocenters. The fourth-order valence-electron chi connectivity index (χ4n) is 2.68. The van der Waals surface area contributed by atoms with Crippen LogP contribution >= 0.6 is 11.6 Å². The Labute approximate surface area is 112 Å². The first kappa shape index (κ1) is 11.8. The molecule has 0 spiro atoms. The summed E-state index contributed by atoms with van der Waals surface area (Å²) in [5, 5.41) is 6.54. The molecule has 1 heterocycles. The summed E-state index contributed by atoms with van der Waals surface area (Å²) in [7, 11) is 1.74. The summed E-state index contributed by atoms with van der Waals surface area (Å²) >= 11 is 6.06. The monoisotopic (exact) mass is 261 g/mol. The maximum absolute atomic E-state index is 6.06. The molecule has 2 aromatic carbocycles. The van der Waals surface area contributed by atoms with Crippen molar-refractivity contribution in [3.05, 3.63) is 40.9 Å². The normalized spacial score (nSPS) is 19.3. The van der Waals surface area contributed by atoms with E-state index in [4.69, 9.17) is 16.3 Å². The van der Waals surface area contributed by atoms with Crippen molar-refractivity contribution in [3.8, 4) is 5.75 Å². The lowest BCUT2D eigenvalue weighted by Crippen LogP contribution is -2.08. The number of methoxy groups -OCH3 is 1. The van der Waals surface area contributed by atoms with E-state index in [9.17, 15) is 0 Å². The molecule has 0 aliphatic carbocycles. The van der Waals surface area contributed by atoms with E-state index in [1.807, 2.05) is 18.2 Å². The zero-order valence-corrected chi connectivity index (χ0v) is 11.1. The first-order valence-corrected chi connectivity index (χ1v) is 6.63. The molecule has 0 bridgehead atoms. The van der Waals surface area contributed by atoms with E-state index in [-0.39, 0.29) is 0 Å². The van der Waals surface area contributed by atoms with Gasteiger partial charge in [0.1, 0.15) is 5.75 Å². The number of rotatable bonds is 2. The lowest BCUT2D eigenvalue weighted by Gasteiger charge is -2.15. The van der Waals surface area contributed by atoms with Crippen LogP contribution in [0.25, 0.3) is 10.8 Å². The second-order valence-corrected chi connectivity index (χ2v) is 5.21. The van der Waals surface area contributed by atoms with Gasteiger partial charge in [0.2, 0.25) is 0 Å². The van der Waals surface area contributed by atoms with Crippen LogP contribution in [0.15, 0.2) is 30.3 Å². The Morgan fingerprint density at radius 3 is 2.83 bits per heavy atom. The van der Waals surface area contributed by atoms with Gasteiger partial charge in [0.15, 0.2) is 0 Å². The summed E-state index contributed by atoms with van der Waals surface area (Å²) in [5.74, 6) is 1.53. The number of benzene rings is 2. The molecule has 0 radical (unpaired) electrons. The highest BCUT2D eigenvalue weighted by atomic mass is 35.5. The number of ether oxygens (including phenoxy) is 1. The van der Waals surface area contributed by atoms with Crippen LogP contribution in [0.1, 0.15) is 17.9 Å². The van der Waals surface area contributed by atoms with Gasteiger partial charge in [-0.3, -0.25) is 0 Å². The molecule has 0 saturated carbocycles. The Hall–Kier alpha value is -1.25. The molecule has 1 aliphatic heterocycles. The Morgan fingerprint density at radius 2 is 2.11 bits per heavy atom. The van der Waals surface area contributed by atoms with Gasteiger partial charge in [-0.2, -0.15) is 0 Å². The summed E-state index contributed by atoms with van der Waals surface area (Å²) in [6.45, 7) is 2.11. The van der Waals surface area contributed by atoms with Crippen LogP contribution in [0, 0.1) is 0 Å². The Bertz CT molecular complexity index is 576. The fourth-order valence-corrected chi connectivity index (χ4v) is 2.86. The van der Waals surface area contributed by atoms with E-state index in [1.54, 1.807) is 7.11 Å². The van der Waals surface area contributed by atoms with E-state index in [1.165, 1.54) is 22.8 Å². The average molecular weight is 262 g/mol. The van der Waals surface area contributed by atoms with Crippen LogP contribution < -0.4 is 10.1 Å². The van der Waals surface area contributed by atoms with Crippen LogP contribution in [0.2, 0.25) is 5.02 Å². The highest BCUT2D eigenvalue weighted by Crippen LogP contribution is 2.35. The molecule has 1 unspecified atom stereocenters. The highest BCUT2D eigenvalue weighted by Gasteiger charge is 2.20. The molecular weight excluding hydrogens is 246 g/mol. The van der Waals surface area contributed by atoms with Crippen LogP contribution in [-0.2, 0) is 0 Å². The quantitative estimate of drug-likeness (QED) is 0.892. The molecule has 1 aliphatic rings. The number of halogens is 1. The lowest BCUT2D eigenvalue weighted by atomic mass is 9.94. The minimum atomic E-state index is 0.545. The summed E-state index contributed by atoms with van der Waals surface area (Å²) in [5.41, 5.74) is 1.29. The van der Waals surface area contributed by atoms with Gasteiger partial charge in [0.05, 0.1) is 7.11 Å². The third-order valence-electron chi connectivity index (χ3n) is 3.65. The van der Waals surface area contributed by atoms with Gasteiger partial charge in [-0.05, 0) is 53.6 Å². The predicted molar refractivity (Wildman–Crippen MR) is 75.7 cm³/mol. The summed E-state index contributed by atoms with van der Waals surface area (Å²) in [6.07, 6.45) is 1.17. The van der Waals surface area contributed by atoms with Crippen molar-refractivity contribution < 1.29 is 4.74 Å². The minimum absolute atomic E-state index is 0.545. The van der Waals surface area contributed by atoms with Crippen molar-refractivity contribution in [2.75, 3.05) is 20.2 Å².